The van der Waals surface area contributed by atoms with Gasteiger partial charge in [-0.2, -0.15) is 0 Å². The number of ether oxygens (including phenoxy) is 2. The Morgan fingerprint density at radius 3 is 2.36 bits per heavy atom. The van der Waals surface area contributed by atoms with E-state index >= 15 is 0 Å². The van der Waals surface area contributed by atoms with Crippen LogP contribution in [0.5, 0.6) is 11.5 Å². The van der Waals surface area contributed by atoms with Gasteiger partial charge in [0.05, 0.1) is 11.9 Å². The predicted molar refractivity (Wildman–Crippen MR) is 153 cm³/mol. The summed E-state index contributed by atoms with van der Waals surface area (Å²) in [5, 5.41) is 3.47. The van der Waals surface area contributed by atoms with Gasteiger partial charge in [0.2, 0.25) is 21.8 Å². The molecule has 9 nitrogen and oxygen atoms in total. The van der Waals surface area contributed by atoms with E-state index in [1.807, 2.05) is 39.8 Å². The van der Waals surface area contributed by atoms with Gasteiger partial charge in [0.25, 0.3) is 0 Å². The fourth-order valence-corrected chi connectivity index (χ4v) is 5.53. The van der Waals surface area contributed by atoms with Gasteiger partial charge in [0.15, 0.2) is 11.5 Å². The molecule has 11 heteroatoms. The molecule has 0 unspecified atom stereocenters. The topological polar surface area (TPSA) is 105 Å². The largest absolute Gasteiger partial charge is 0.486 e. The fourth-order valence-electron chi connectivity index (χ4n) is 4.37. The lowest BCUT2D eigenvalue weighted by molar-refractivity contribution is -0.142. The molecular weight excluding hydrogens is 542 g/mol. The van der Waals surface area contributed by atoms with E-state index in [-0.39, 0.29) is 37.7 Å². The molecule has 0 aromatic heterocycles. The highest BCUT2D eigenvalue weighted by Crippen LogP contribution is 2.35. The number of carbonyl (C=O) groups excluding carboxylic acids is 2. The van der Waals surface area contributed by atoms with Gasteiger partial charge in [-0.05, 0) is 57.4 Å². The number of carbonyl (C=O) groups is 2. The van der Waals surface area contributed by atoms with E-state index < -0.39 is 21.6 Å². The first-order chi connectivity index (χ1) is 18.3. The van der Waals surface area contributed by atoms with Crippen LogP contribution in [0.25, 0.3) is 0 Å². The van der Waals surface area contributed by atoms with Crippen molar-refractivity contribution in [2.45, 2.75) is 65.1 Å². The molecule has 3 rings (SSSR count). The van der Waals surface area contributed by atoms with Crippen molar-refractivity contribution in [2.24, 2.45) is 0 Å². The summed E-state index contributed by atoms with van der Waals surface area (Å²) in [5.41, 5.74) is 0.685. The number of fused-ring (bicyclic) bond motifs is 1. The molecule has 0 bridgehead atoms. The number of amides is 2. The smallest absolute Gasteiger partial charge is 0.243 e. The van der Waals surface area contributed by atoms with Gasteiger partial charge in [0, 0.05) is 36.1 Å². The minimum atomic E-state index is -3.64. The van der Waals surface area contributed by atoms with Gasteiger partial charge >= 0.3 is 0 Å². The van der Waals surface area contributed by atoms with Gasteiger partial charge < -0.3 is 19.7 Å². The van der Waals surface area contributed by atoms with Crippen LogP contribution in [-0.4, -0.2) is 62.7 Å². The van der Waals surface area contributed by atoms with Crippen LogP contribution in [0.4, 0.5) is 5.69 Å². The van der Waals surface area contributed by atoms with Gasteiger partial charge in [-0.15, -0.1) is 0 Å². The normalized spacial score (nSPS) is 13.9. The van der Waals surface area contributed by atoms with Crippen molar-refractivity contribution in [3.05, 3.63) is 53.1 Å². The molecule has 1 heterocycles. The Morgan fingerprint density at radius 1 is 1.08 bits per heavy atom. The number of hydrogen-bond donors (Lipinski definition) is 1. The monoisotopic (exact) mass is 579 g/mol. The SMILES string of the molecule is CC[C@H](C(=O)NC(C)(C)C)N(Cc1ccccc1Cl)C(=O)CCCN(c1ccc2c(c1)OCCO2)S(C)(=O)=O. The molecule has 0 spiro atoms. The van der Waals surface area contributed by atoms with Crippen LogP contribution in [0.3, 0.4) is 0 Å². The second-order valence-corrected chi connectivity index (χ2v) is 12.9. The Hall–Kier alpha value is -2.98. The van der Waals surface area contributed by atoms with Crippen LogP contribution in [-0.2, 0) is 26.2 Å². The van der Waals surface area contributed by atoms with E-state index in [1.54, 1.807) is 30.3 Å². The lowest BCUT2D eigenvalue weighted by Crippen LogP contribution is -2.53. The molecule has 2 aromatic carbocycles. The summed E-state index contributed by atoms with van der Waals surface area (Å²) in [5.74, 6) is 0.522. The number of nitrogens with one attached hydrogen (secondary N) is 1. The average Bonchev–Trinajstić information content (AvgIpc) is 2.85. The highest BCUT2D eigenvalue weighted by Gasteiger charge is 2.31. The molecule has 1 N–H and O–H groups in total. The molecule has 0 aliphatic carbocycles. The van der Waals surface area contributed by atoms with Crippen molar-refractivity contribution in [2.75, 3.05) is 30.3 Å². The molecule has 39 heavy (non-hydrogen) atoms. The summed E-state index contributed by atoms with van der Waals surface area (Å²) < 4.78 is 37.7. The first kappa shape index (κ1) is 30.6. The number of rotatable bonds is 11. The number of halogens is 1. The van der Waals surface area contributed by atoms with Crippen LogP contribution in [0, 0.1) is 0 Å². The zero-order valence-electron chi connectivity index (χ0n) is 23.2. The zero-order valence-corrected chi connectivity index (χ0v) is 24.8. The van der Waals surface area contributed by atoms with Crippen molar-refractivity contribution >= 4 is 39.1 Å². The maximum Gasteiger partial charge on any atom is 0.243 e. The Labute approximate surface area is 236 Å². The Bertz CT molecular complexity index is 1280. The van der Waals surface area contributed by atoms with Crippen molar-refractivity contribution in [1.82, 2.24) is 10.2 Å². The fraction of sp³-hybridized carbons (Fsp3) is 0.500. The molecule has 1 atom stereocenters. The number of nitrogens with zero attached hydrogens (tertiary/aromatic N) is 2. The molecule has 214 valence electrons. The van der Waals surface area contributed by atoms with E-state index in [9.17, 15) is 18.0 Å². The highest BCUT2D eigenvalue weighted by atomic mass is 35.5. The van der Waals surface area contributed by atoms with E-state index in [2.05, 4.69) is 5.32 Å². The van der Waals surface area contributed by atoms with Gasteiger partial charge in [0.1, 0.15) is 19.3 Å². The number of benzene rings is 2. The van der Waals surface area contributed by atoms with Crippen LogP contribution in [0.1, 0.15) is 52.5 Å². The van der Waals surface area contributed by atoms with Crippen LogP contribution >= 0.6 is 11.6 Å². The van der Waals surface area contributed by atoms with Gasteiger partial charge in [-0.1, -0.05) is 36.7 Å². The molecule has 0 radical (unpaired) electrons. The van der Waals surface area contributed by atoms with Gasteiger partial charge in [-0.25, -0.2) is 8.42 Å². The molecule has 1 aliphatic rings. The summed E-state index contributed by atoms with van der Waals surface area (Å²) in [6.45, 7) is 8.56. The molecular formula is C28H38ClN3O6S. The van der Waals surface area contributed by atoms with Crippen molar-refractivity contribution < 1.29 is 27.5 Å². The quantitative estimate of drug-likeness (QED) is 0.423. The summed E-state index contributed by atoms with van der Waals surface area (Å²) in [7, 11) is -3.64. The number of sulfonamides is 1. The van der Waals surface area contributed by atoms with E-state index in [0.29, 0.717) is 41.8 Å². The standard InChI is InChI=1S/C28H38ClN3O6S/c1-6-23(27(34)30-28(2,3)4)31(19-20-10-7-8-11-22(20)29)26(33)12-9-15-32(39(5,35)36)21-13-14-24-25(18-21)38-17-16-37-24/h7-8,10-11,13-14,18,23H,6,9,12,15-17,19H2,1-5H3,(H,30,34)/t23-/m1/s1. The van der Waals surface area contributed by atoms with E-state index in [0.717, 1.165) is 11.8 Å². The van der Waals surface area contributed by atoms with Crippen LogP contribution < -0.4 is 19.1 Å². The first-order valence-corrected chi connectivity index (χ1v) is 15.2. The predicted octanol–water partition coefficient (Wildman–Crippen LogP) is 4.38. The summed E-state index contributed by atoms with van der Waals surface area (Å²) in [6.07, 6.45) is 1.82. The first-order valence-electron chi connectivity index (χ1n) is 13.0. The number of hydrogen-bond acceptors (Lipinski definition) is 6. The summed E-state index contributed by atoms with van der Waals surface area (Å²) in [4.78, 5) is 28.3. The molecule has 0 saturated carbocycles. The Kier molecular flexibility index (Phi) is 10.1. The maximum atomic E-state index is 13.6. The zero-order chi connectivity index (χ0) is 28.8. The Balaban J connectivity index is 1.79. The molecule has 1 aliphatic heterocycles. The molecule has 0 fully saturated rings. The third-order valence-electron chi connectivity index (χ3n) is 6.15. The number of anilines is 1. The van der Waals surface area contributed by atoms with Gasteiger partial charge in [-0.3, -0.25) is 13.9 Å². The molecule has 2 aromatic rings. The summed E-state index contributed by atoms with van der Waals surface area (Å²) in [6, 6.07) is 11.5. The second-order valence-electron chi connectivity index (χ2n) is 10.5. The van der Waals surface area contributed by atoms with Crippen molar-refractivity contribution in [1.29, 1.82) is 0 Å². The minimum Gasteiger partial charge on any atom is -0.486 e. The van der Waals surface area contributed by atoms with Crippen LogP contribution in [0.15, 0.2) is 42.5 Å². The van der Waals surface area contributed by atoms with Crippen molar-refractivity contribution in [3.63, 3.8) is 0 Å². The maximum absolute atomic E-state index is 13.6. The third kappa shape index (κ3) is 8.50. The van der Waals surface area contributed by atoms with Crippen molar-refractivity contribution in [3.8, 4) is 11.5 Å². The van der Waals surface area contributed by atoms with E-state index in [1.165, 1.54) is 9.21 Å². The lowest BCUT2D eigenvalue weighted by Gasteiger charge is -2.33. The Morgan fingerprint density at radius 2 is 1.74 bits per heavy atom. The average molecular weight is 580 g/mol. The third-order valence-corrected chi connectivity index (χ3v) is 7.71. The summed E-state index contributed by atoms with van der Waals surface area (Å²) >= 11 is 6.39. The van der Waals surface area contributed by atoms with E-state index in [4.69, 9.17) is 21.1 Å². The van der Waals surface area contributed by atoms with Crippen LogP contribution in [0.2, 0.25) is 5.02 Å². The second kappa shape index (κ2) is 12.9. The lowest BCUT2D eigenvalue weighted by atomic mass is 10.0. The highest BCUT2D eigenvalue weighted by molar-refractivity contribution is 7.92. The molecule has 0 saturated heterocycles. The minimum absolute atomic E-state index is 0.0420. The molecule has 2 amide bonds.